The second kappa shape index (κ2) is 5.38. The van der Waals surface area contributed by atoms with Gasteiger partial charge in [-0.2, -0.15) is 0 Å². The maximum Gasteiger partial charge on any atom is 0.335 e. The van der Waals surface area contributed by atoms with Crippen LogP contribution >= 0.6 is 0 Å². The first-order chi connectivity index (χ1) is 10.8. The van der Waals surface area contributed by atoms with E-state index in [1.807, 2.05) is 19.1 Å². The van der Waals surface area contributed by atoms with Gasteiger partial charge in [-0.3, -0.25) is 4.31 Å². The van der Waals surface area contributed by atoms with Crippen LogP contribution in [0, 0.1) is 6.92 Å². The number of aryl methyl sites for hydroxylation is 1. The van der Waals surface area contributed by atoms with Crippen molar-refractivity contribution in [2.45, 2.75) is 24.7 Å². The number of aromatic carboxylic acids is 1. The molecule has 0 aliphatic carbocycles. The topological polar surface area (TPSA) is 74.7 Å². The Labute approximate surface area is 135 Å². The van der Waals surface area contributed by atoms with E-state index in [-0.39, 0.29) is 16.4 Å². The van der Waals surface area contributed by atoms with Gasteiger partial charge in [0.15, 0.2) is 0 Å². The van der Waals surface area contributed by atoms with Crippen LogP contribution in [0.3, 0.4) is 0 Å². The SMILES string of the molecule is Cc1ccc(S(=O)(=O)N2C[C@H](C)c3ccccc32)cc1C(=O)O. The lowest BCUT2D eigenvalue weighted by molar-refractivity contribution is 0.0696. The summed E-state index contributed by atoms with van der Waals surface area (Å²) in [6.07, 6.45) is 0. The van der Waals surface area contributed by atoms with Gasteiger partial charge in [0.25, 0.3) is 10.0 Å². The van der Waals surface area contributed by atoms with Crippen molar-refractivity contribution in [3.63, 3.8) is 0 Å². The number of fused-ring (bicyclic) bond motifs is 1. The van der Waals surface area contributed by atoms with E-state index in [0.29, 0.717) is 17.8 Å². The fraction of sp³-hybridized carbons (Fsp3) is 0.235. The van der Waals surface area contributed by atoms with Gasteiger partial charge < -0.3 is 5.11 Å². The number of hydrogen-bond donors (Lipinski definition) is 1. The molecule has 0 bridgehead atoms. The zero-order chi connectivity index (χ0) is 16.8. The van der Waals surface area contributed by atoms with Crippen LogP contribution in [0.15, 0.2) is 47.4 Å². The third kappa shape index (κ3) is 2.49. The molecule has 2 aromatic carbocycles. The molecular formula is C17H17NO4S. The smallest absolute Gasteiger partial charge is 0.335 e. The molecule has 2 aromatic rings. The molecule has 0 radical (unpaired) electrons. The molecule has 0 fully saturated rings. The molecule has 0 aromatic heterocycles. The molecule has 1 aliphatic rings. The molecule has 0 saturated carbocycles. The standard InChI is InChI=1S/C17H17NO4S/c1-11-7-8-13(9-15(11)17(19)20)23(21,22)18-10-12(2)14-5-3-4-6-16(14)18/h3-9,12H,10H2,1-2H3,(H,19,20)/t12-/m0/s1. The van der Waals surface area contributed by atoms with Crippen molar-refractivity contribution in [1.29, 1.82) is 0 Å². The highest BCUT2D eigenvalue weighted by molar-refractivity contribution is 7.92. The van der Waals surface area contributed by atoms with Crippen molar-refractivity contribution >= 4 is 21.7 Å². The molecule has 23 heavy (non-hydrogen) atoms. The highest BCUT2D eigenvalue weighted by Crippen LogP contribution is 2.39. The zero-order valence-corrected chi connectivity index (χ0v) is 13.7. The lowest BCUT2D eigenvalue weighted by Crippen LogP contribution is -2.29. The second-order valence-electron chi connectivity index (χ2n) is 5.78. The van der Waals surface area contributed by atoms with Gasteiger partial charge in [0.2, 0.25) is 0 Å². The fourth-order valence-electron chi connectivity index (χ4n) is 2.92. The number of carboxylic acid groups (broad SMARTS) is 1. The van der Waals surface area contributed by atoms with E-state index < -0.39 is 16.0 Å². The number of nitrogens with zero attached hydrogens (tertiary/aromatic N) is 1. The molecule has 0 saturated heterocycles. The van der Waals surface area contributed by atoms with Crippen molar-refractivity contribution in [2.24, 2.45) is 0 Å². The summed E-state index contributed by atoms with van der Waals surface area (Å²) in [6, 6.07) is 11.6. The van der Waals surface area contributed by atoms with Crippen LogP contribution < -0.4 is 4.31 Å². The summed E-state index contributed by atoms with van der Waals surface area (Å²) in [6.45, 7) is 3.98. The van der Waals surface area contributed by atoms with Gasteiger partial charge in [0.1, 0.15) is 0 Å². The Kier molecular flexibility index (Phi) is 3.64. The van der Waals surface area contributed by atoms with Gasteiger partial charge >= 0.3 is 5.97 Å². The maximum atomic E-state index is 13.0. The number of anilines is 1. The van der Waals surface area contributed by atoms with Crippen molar-refractivity contribution in [1.82, 2.24) is 0 Å². The third-order valence-corrected chi connectivity index (χ3v) is 5.98. The Bertz CT molecular complexity index is 889. The first-order valence-corrected chi connectivity index (χ1v) is 8.72. The minimum absolute atomic E-state index is 0.00408. The van der Waals surface area contributed by atoms with Crippen molar-refractivity contribution in [3.8, 4) is 0 Å². The summed E-state index contributed by atoms with van der Waals surface area (Å²) >= 11 is 0. The van der Waals surface area contributed by atoms with Crippen molar-refractivity contribution in [2.75, 3.05) is 10.8 Å². The van der Waals surface area contributed by atoms with Crippen molar-refractivity contribution in [3.05, 3.63) is 59.2 Å². The second-order valence-corrected chi connectivity index (χ2v) is 7.64. The van der Waals surface area contributed by atoms with Crippen LogP contribution in [0.25, 0.3) is 0 Å². The molecule has 1 aliphatic heterocycles. The zero-order valence-electron chi connectivity index (χ0n) is 12.9. The molecule has 0 amide bonds. The first-order valence-electron chi connectivity index (χ1n) is 7.28. The summed E-state index contributed by atoms with van der Waals surface area (Å²) < 4.78 is 27.3. The number of sulfonamides is 1. The van der Waals surface area contributed by atoms with Gasteiger partial charge in [-0.15, -0.1) is 0 Å². The molecule has 1 atom stereocenters. The van der Waals surface area contributed by atoms with E-state index in [1.54, 1.807) is 19.1 Å². The molecule has 5 nitrogen and oxygen atoms in total. The minimum atomic E-state index is -3.79. The Morgan fingerprint density at radius 1 is 1.22 bits per heavy atom. The number of benzene rings is 2. The molecule has 1 heterocycles. The van der Waals surface area contributed by atoms with Crippen LogP contribution in [0.1, 0.15) is 34.3 Å². The van der Waals surface area contributed by atoms with Crippen LogP contribution in [-0.4, -0.2) is 26.0 Å². The number of hydrogen-bond acceptors (Lipinski definition) is 3. The summed E-state index contributed by atoms with van der Waals surface area (Å²) in [5.41, 5.74) is 2.19. The fourth-order valence-corrected chi connectivity index (χ4v) is 4.53. The van der Waals surface area contributed by atoms with Gasteiger partial charge in [-0.1, -0.05) is 31.2 Å². The number of carbonyl (C=O) groups is 1. The Hall–Kier alpha value is -2.34. The maximum absolute atomic E-state index is 13.0. The lowest BCUT2D eigenvalue weighted by Gasteiger charge is -2.20. The van der Waals surface area contributed by atoms with E-state index in [0.717, 1.165) is 5.56 Å². The monoisotopic (exact) mass is 331 g/mol. The van der Waals surface area contributed by atoms with E-state index in [9.17, 15) is 18.3 Å². The van der Waals surface area contributed by atoms with Gasteiger partial charge in [-0.25, -0.2) is 13.2 Å². The lowest BCUT2D eigenvalue weighted by atomic mass is 10.0. The number of rotatable bonds is 3. The summed E-state index contributed by atoms with van der Waals surface area (Å²) in [5, 5.41) is 9.21. The van der Waals surface area contributed by atoms with Crippen LogP contribution in [0.2, 0.25) is 0 Å². The Balaban J connectivity index is 2.11. The van der Waals surface area contributed by atoms with E-state index in [4.69, 9.17) is 0 Å². The predicted molar refractivity (Wildman–Crippen MR) is 87.5 cm³/mol. The predicted octanol–water partition coefficient (Wildman–Crippen LogP) is 3.01. The van der Waals surface area contributed by atoms with Crippen LogP contribution in [0.4, 0.5) is 5.69 Å². The van der Waals surface area contributed by atoms with Crippen molar-refractivity contribution < 1.29 is 18.3 Å². The first kappa shape index (κ1) is 15.6. The van der Waals surface area contributed by atoms with Gasteiger partial charge in [-0.05, 0) is 36.2 Å². The van der Waals surface area contributed by atoms with Gasteiger partial charge in [0, 0.05) is 12.5 Å². The molecule has 3 rings (SSSR count). The molecular weight excluding hydrogens is 314 g/mol. The quantitative estimate of drug-likeness (QED) is 0.938. The van der Waals surface area contributed by atoms with Gasteiger partial charge in [0.05, 0.1) is 16.1 Å². The number of para-hydroxylation sites is 1. The largest absolute Gasteiger partial charge is 0.478 e. The Morgan fingerprint density at radius 3 is 2.61 bits per heavy atom. The Morgan fingerprint density at radius 2 is 1.91 bits per heavy atom. The number of carboxylic acids is 1. The average molecular weight is 331 g/mol. The molecule has 0 unspecified atom stereocenters. The van der Waals surface area contributed by atoms with E-state index in [1.165, 1.54) is 22.5 Å². The third-order valence-electron chi connectivity index (χ3n) is 4.20. The molecule has 120 valence electrons. The molecule has 0 spiro atoms. The summed E-state index contributed by atoms with van der Waals surface area (Å²) in [4.78, 5) is 11.3. The van der Waals surface area contributed by atoms with E-state index >= 15 is 0 Å². The minimum Gasteiger partial charge on any atom is -0.478 e. The normalized spacial score (nSPS) is 17.1. The van der Waals surface area contributed by atoms with Crippen LogP contribution in [-0.2, 0) is 10.0 Å². The summed E-state index contributed by atoms with van der Waals surface area (Å²) in [7, 11) is -3.79. The van der Waals surface area contributed by atoms with E-state index in [2.05, 4.69) is 0 Å². The highest BCUT2D eigenvalue weighted by atomic mass is 32.2. The summed E-state index contributed by atoms with van der Waals surface area (Å²) in [5.74, 6) is -1.03. The molecule has 6 heteroatoms. The highest BCUT2D eigenvalue weighted by Gasteiger charge is 2.34. The van der Waals surface area contributed by atoms with Crippen LogP contribution in [0.5, 0.6) is 0 Å². The molecule has 1 N–H and O–H groups in total. The average Bonchev–Trinajstić information content (AvgIpc) is 2.85.